The topological polar surface area (TPSA) is 47.7 Å². The van der Waals surface area contributed by atoms with Gasteiger partial charge in [0, 0.05) is 19.1 Å². The predicted octanol–water partition coefficient (Wildman–Crippen LogP) is 3.22. The van der Waals surface area contributed by atoms with Crippen LogP contribution in [-0.4, -0.2) is 38.3 Å². The SMILES string of the molecule is CCCOc1ccc(C(CN)N2CCCC(C)C2)cc1OC. The van der Waals surface area contributed by atoms with Gasteiger partial charge in [-0.15, -0.1) is 0 Å². The average Bonchev–Trinajstić information content (AvgIpc) is 2.54. The monoisotopic (exact) mass is 306 g/mol. The van der Waals surface area contributed by atoms with E-state index in [9.17, 15) is 0 Å². The van der Waals surface area contributed by atoms with E-state index >= 15 is 0 Å². The Kier molecular flexibility index (Phi) is 6.52. The molecular weight excluding hydrogens is 276 g/mol. The van der Waals surface area contributed by atoms with Crippen LogP contribution in [0.1, 0.15) is 44.7 Å². The van der Waals surface area contributed by atoms with Crippen LogP contribution in [0.2, 0.25) is 0 Å². The highest BCUT2D eigenvalue weighted by molar-refractivity contribution is 5.44. The zero-order valence-electron chi connectivity index (χ0n) is 14.2. The molecule has 0 saturated carbocycles. The quantitative estimate of drug-likeness (QED) is 0.840. The van der Waals surface area contributed by atoms with Gasteiger partial charge in [-0.1, -0.05) is 19.9 Å². The first-order valence-electron chi connectivity index (χ1n) is 8.44. The summed E-state index contributed by atoms with van der Waals surface area (Å²) >= 11 is 0. The fraction of sp³-hybridized carbons (Fsp3) is 0.667. The summed E-state index contributed by atoms with van der Waals surface area (Å²) in [5.74, 6) is 2.36. The molecule has 1 aliphatic rings. The van der Waals surface area contributed by atoms with E-state index in [-0.39, 0.29) is 6.04 Å². The van der Waals surface area contributed by atoms with Crippen molar-refractivity contribution in [1.29, 1.82) is 0 Å². The fourth-order valence-electron chi connectivity index (χ4n) is 3.23. The van der Waals surface area contributed by atoms with Crippen LogP contribution in [0, 0.1) is 5.92 Å². The summed E-state index contributed by atoms with van der Waals surface area (Å²) in [5, 5.41) is 0. The Morgan fingerprint density at radius 2 is 2.18 bits per heavy atom. The van der Waals surface area contributed by atoms with Gasteiger partial charge >= 0.3 is 0 Å². The van der Waals surface area contributed by atoms with Gasteiger partial charge in [0.15, 0.2) is 11.5 Å². The van der Waals surface area contributed by atoms with Crippen LogP contribution in [0.25, 0.3) is 0 Å². The van der Waals surface area contributed by atoms with E-state index in [4.69, 9.17) is 15.2 Å². The molecule has 4 nitrogen and oxygen atoms in total. The number of ether oxygens (including phenoxy) is 2. The second-order valence-corrected chi connectivity index (χ2v) is 6.25. The molecule has 2 N–H and O–H groups in total. The second-order valence-electron chi connectivity index (χ2n) is 6.25. The Balaban J connectivity index is 2.17. The van der Waals surface area contributed by atoms with Crippen molar-refractivity contribution >= 4 is 0 Å². The minimum absolute atomic E-state index is 0.261. The van der Waals surface area contributed by atoms with Crippen molar-refractivity contribution in [2.75, 3.05) is 33.4 Å². The van der Waals surface area contributed by atoms with Crippen molar-refractivity contribution in [2.24, 2.45) is 11.7 Å². The number of benzene rings is 1. The van der Waals surface area contributed by atoms with Crippen LogP contribution >= 0.6 is 0 Å². The lowest BCUT2D eigenvalue weighted by molar-refractivity contribution is 0.133. The number of methoxy groups -OCH3 is 1. The zero-order valence-corrected chi connectivity index (χ0v) is 14.2. The molecule has 0 spiro atoms. The number of likely N-dealkylation sites (tertiary alicyclic amines) is 1. The summed E-state index contributed by atoms with van der Waals surface area (Å²) in [6.07, 6.45) is 3.56. The summed E-state index contributed by atoms with van der Waals surface area (Å²) in [6, 6.07) is 6.49. The molecule has 0 amide bonds. The molecule has 1 fully saturated rings. The van der Waals surface area contributed by atoms with Gasteiger partial charge in [-0.05, 0) is 49.4 Å². The largest absolute Gasteiger partial charge is 0.493 e. The highest BCUT2D eigenvalue weighted by Gasteiger charge is 2.25. The van der Waals surface area contributed by atoms with Gasteiger partial charge in [0.25, 0.3) is 0 Å². The van der Waals surface area contributed by atoms with Crippen LogP contribution in [0.5, 0.6) is 11.5 Å². The third kappa shape index (κ3) is 4.14. The first-order chi connectivity index (χ1) is 10.7. The first-order valence-corrected chi connectivity index (χ1v) is 8.44. The van der Waals surface area contributed by atoms with E-state index in [0.717, 1.165) is 36.9 Å². The summed E-state index contributed by atoms with van der Waals surface area (Å²) in [5.41, 5.74) is 7.30. The molecule has 1 heterocycles. The molecule has 1 aromatic rings. The normalized spacial score (nSPS) is 20.6. The maximum absolute atomic E-state index is 6.08. The average molecular weight is 306 g/mol. The van der Waals surface area contributed by atoms with Crippen molar-refractivity contribution in [3.63, 3.8) is 0 Å². The van der Waals surface area contributed by atoms with Gasteiger partial charge in [-0.25, -0.2) is 0 Å². The minimum atomic E-state index is 0.261. The zero-order chi connectivity index (χ0) is 15.9. The lowest BCUT2D eigenvalue weighted by Gasteiger charge is -2.37. The van der Waals surface area contributed by atoms with Crippen molar-refractivity contribution in [1.82, 2.24) is 4.90 Å². The van der Waals surface area contributed by atoms with Gasteiger partial charge in [0.2, 0.25) is 0 Å². The molecule has 2 atom stereocenters. The smallest absolute Gasteiger partial charge is 0.161 e. The van der Waals surface area contributed by atoms with E-state index in [2.05, 4.69) is 30.9 Å². The molecule has 1 aromatic carbocycles. The summed E-state index contributed by atoms with van der Waals surface area (Å²) in [4.78, 5) is 2.51. The summed E-state index contributed by atoms with van der Waals surface area (Å²) < 4.78 is 11.2. The standard InChI is InChI=1S/C18H30N2O2/c1-4-10-22-17-8-7-15(11-18(17)21-3)16(12-19)20-9-5-6-14(2)13-20/h7-8,11,14,16H,4-6,9-10,12-13,19H2,1-3H3. The van der Waals surface area contributed by atoms with Gasteiger partial charge in [-0.2, -0.15) is 0 Å². The Morgan fingerprint density at radius 1 is 1.36 bits per heavy atom. The van der Waals surface area contributed by atoms with Crippen molar-refractivity contribution < 1.29 is 9.47 Å². The molecule has 0 aliphatic carbocycles. The molecule has 22 heavy (non-hydrogen) atoms. The molecule has 0 aromatic heterocycles. The second kappa shape index (κ2) is 8.39. The summed E-state index contributed by atoms with van der Waals surface area (Å²) in [7, 11) is 1.69. The minimum Gasteiger partial charge on any atom is -0.493 e. The number of nitrogens with two attached hydrogens (primary N) is 1. The van der Waals surface area contributed by atoms with Gasteiger partial charge in [-0.3, -0.25) is 4.90 Å². The molecule has 2 rings (SSSR count). The number of hydrogen-bond acceptors (Lipinski definition) is 4. The Labute approximate surface area is 134 Å². The molecule has 124 valence electrons. The number of hydrogen-bond donors (Lipinski definition) is 1. The van der Waals surface area contributed by atoms with Gasteiger partial charge < -0.3 is 15.2 Å². The van der Waals surface area contributed by atoms with E-state index in [0.29, 0.717) is 13.2 Å². The van der Waals surface area contributed by atoms with Crippen LogP contribution < -0.4 is 15.2 Å². The maximum Gasteiger partial charge on any atom is 0.161 e. The Bertz CT molecular complexity index is 464. The van der Waals surface area contributed by atoms with E-state index in [1.807, 2.05) is 6.07 Å². The molecular formula is C18H30N2O2. The van der Waals surface area contributed by atoms with Crippen molar-refractivity contribution in [3.8, 4) is 11.5 Å². The van der Waals surface area contributed by atoms with Crippen molar-refractivity contribution in [3.05, 3.63) is 23.8 Å². The lowest BCUT2D eigenvalue weighted by atomic mass is 9.96. The van der Waals surface area contributed by atoms with Gasteiger partial charge in [0.1, 0.15) is 0 Å². The molecule has 0 radical (unpaired) electrons. The van der Waals surface area contributed by atoms with Crippen LogP contribution in [0.15, 0.2) is 18.2 Å². The van der Waals surface area contributed by atoms with E-state index < -0.39 is 0 Å². The van der Waals surface area contributed by atoms with E-state index in [1.165, 1.54) is 18.4 Å². The molecule has 0 bridgehead atoms. The van der Waals surface area contributed by atoms with E-state index in [1.54, 1.807) is 7.11 Å². The van der Waals surface area contributed by atoms with Gasteiger partial charge in [0.05, 0.1) is 13.7 Å². The maximum atomic E-state index is 6.08. The third-order valence-corrected chi connectivity index (χ3v) is 4.39. The van der Waals surface area contributed by atoms with Crippen LogP contribution in [0.4, 0.5) is 0 Å². The molecule has 2 unspecified atom stereocenters. The predicted molar refractivity (Wildman–Crippen MR) is 90.5 cm³/mol. The summed E-state index contributed by atoms with van der Waals surface area (Å²) in [6.45, 7) is 8.01. The number of rotatable bonds is 7. The van der Waals surface area contributed by atoms with Crippen LogP contribution in [0.3, 0.4) is 0 Å². The first kappa shape index (κ1) is 17.1. The molecule has 1 aliphatic heterocycles. The van der Waals surface area contributed by atoms with Crippen LogP contribution in [-0.2, 0) is 0 Å². The highest BCUT2D eigenvalue weighted by Crippen LogP contribution is 2.33. The number of nitrogens with zero attached hydrogens (tertiary/aromatic N) is 1. The Hall–Kier alpha value is -1.26. The fourth-order valence-corrected chi connectivity index (χ4v) is 3.23. The third-order valence-electron chi connectivity index (χ3n) is 4.39. The Morgan fingerprint density at radius 3 is 2.82 bits per heavy atom. The lowest BCUT2D eigenvalue weighted by Crippen LogP contribution is -2.40. The highest BCUT2D eigenvalue weighted by atomic mass is 16.5. The number of piperidine rings is 1. The van der Waals surface area contributed by atoms with Crippen molar-refractivity contribution in [2.45, 2.75) is 39.2 Å². The molecule has 1 saturated heterocycles. The molecule has 4 heteroatoms.